The molecule has 3 heteroatoms. The van der Waals surface area contributed by atoms with Gasteiger partial charge < -0.3 is 9.80 Å². The van der Waals surface area contributed by atoms with Crippen molar-refractivity contribution in [2.45, 2.75) is 26.7 Å². The van der Waals surface area contributed by atoms with Crippen LogP contribution in [0.2, 0.25) is 0 Å². The minimum absolute atomic E-state index is 0.286. The number of rotatable bonds is 0. The molecule has 0 spiro atoms. The van der Waals surface area contributed by atoms with Gasteiger partial charge in [-0.15, -0.1) is 0 Å². The standard InChI is InChI=1S/C12H21N3/c1-11-4-6-14(3)8-12(11,2)9-15(10-13)7-5-11/h4-9H2,1-3H3. The largest absolute Gasteiger partial charge is 0.310 e. The maximum atomic E-state index is 9.01. The van der Waals surface area contributed by atoms with Crippen molar-refractivity contribution in [2.75, 3.05) is 33.2 Å². The lowest BCUT2D eigenvalue weighted by molar-refractivity contribution is -0.0720. The molecule has 0 amide bonds. The summed E-state index contributed by atoms with van der Waals surface area (Å²) >= 11 is 0. The third kappa shape index (κ3) is 1.61. The van der Waals surface area contributed by atoms with E-state index in [2.05, 4.69) is 32.0 Å². The van der Waals surface area contributed by atoms with Crippen molar-refractivity contribution in [3.05, 3.63) is 0 Å². The van der Waals surface area contributed by atoms with Crippen LogP contribution in [0.15, 0.2) is 0 Å². The molecule has 2 fully saturated rings. The predicted octanol–water partition coefficient (Wildman–Crippen LogP) is 1.52. The van der Waals surface area contributed by atoms with E-state index >= 15 is 0 Å². The van der Waals surface area contributed by atoms with Gasteiger partial charge in [0, 0.05) is 25.0 Å². The van der Waals surface area contributed by atoms with Gasteiger partial charge in [0.2, 0.25) is 0 Å². The number of hydrogen-bond donors (Lipinski definition) is 0. The first-order chi connectivity index (χ1) is 6.99. The van der Waals surface area contributed by atoms with E-state index in [1.807, 2.05) is 4.90 Å². The van der Waals surface area contributed by atoms with Gasteiger partial charge in [0.15, 0.2) is 6.19 Å². The van der Waals surface area contributed by atoms with Crippen LogP contribution in [-0.4, -0.2) is 43.0 Å². The Morgan fingerprint density at radius 2 is 1.73 bits per heavy atom. The molecule has 15 heavy (non-hydrogen) atoms. The molecule has 2 aliphatic heterocycles. The van der Waals surface area contributed by atoms with Crippen molar-refractivity contribution in [2.24, 2.45) is 10.8 Å². The summed E-state index contributed by atoms with van der Waals surface area (Å²) in [7, 11) is 2.19. The van der Waals surface area contributed by atoms with Gasteiger partial charge >= 0.3 is 0 Å². The summed E-state index contributed by atoms with van der Waals surface area (Å²) < 4.78 is 0. The zero-order valence-corrected chi connectivity index (χ0v) is 10.1. The molecule has 2 atom stereocenters. The van der Waals surface area contributed by atoms with Gasteiger partial charge in [0.05, 0.1) is 0 Å². The third-order valence-corrected chi connectivity index (χ3v) is 4.74. The lowest BCUT2D eigenvalue weighted by atomic mass is 9.58. The summed E-state index contributed by atoms with van der Waals surface area (Å²) in [5.74, 6) is 0. The first-order valence-electron chi connectivity index (χ1n) is 5.82. The van der Waals surface area contributed by atoms with Gasteiger partial charge in [-0.2, -0.15) is 5.26 Å². The Balaban J connectivity index is 2.22. The molecule has 0 aromatic carbocycles. The first kappa shape index (κ1) is 10.8. The molecule has 0 N–H and O–H groups in total. The van der Waals surface area contributed by atoms with Crippen LogP contribution < -0.4 is 0 Å². The second-order valence-electron chi connectivity index (χ2n) is 5.88. The Bertz CT molecular complexity index is 296. The molecule has 2 heterocycles. The van der Waals surface area contributed by atoms with Crippen LogP contribution in [0, 0.1) is 22.3 Å². The number of likely N-dealkylation sites (tertiary alicyclic amines) is 2. The van der Waals surface area contributed by atoms with E-state index in [0.29, 0.717) is 5.41 Å². The van der Waals surface area contributed by atoms with Gasteiger partial charge in [-0.25, -0.2) is 0 Å². The summed E-state index contributed by atoms with van der Waals surface area (Å²) in [5, 5.41) is 9.01. The second-order valence-corrected chi connectivity index (χ2v) is 5.88. The molecule has 0 aliphatic carbocycles. The Morgan fingerprint density at radius 3 is 2.40 bits per heavy atom. The van der Waals surface area contributed by atoms with Crippen LogP contribution in [0.4, 0.5) is 0 Å². The first-order valence-corrected chi connectivity index (χ1v) is 5.82. The predicted molar refractivity (Wildman–Crippen MR) is 60.1 cm³/mol. The van der Waals surface area contributed by atoms with E-state index < -0.39 is 0 Å². The molecular weight excluding hydrogens is 186 g/mol. The highest BCUT2D eigenvalue weighted by Crippen LogP contribution is 2.50. The monoisotopic (exact) mass is 207 g/mol. The summed E-state index contributed by atoms with van der Waals surface area (Å²) in [6, 6.07) is 0. The molecule has 0 saturated carbocycles. The van der Waals surface area contributed by atoms with Crippen molar-refractivity contribution in [1.82, 2.24) is 9.80 Å². The number of hydrogen-bond acceptors (Lipinski definition) is 3. The van der Waals surface area contributed by atoms with Gasteiger partial charge in [-0.3, -0.25) is 0 Å². The average Bonchev–Trinajstić information content (AvgIpc) is 2.19. The summed E-state index contributed by atoms with van der Waals surface area (Å²) in [6.45, 7) is 8.98. The van der Waals surface area contributed by atoms with Crippen LogP contribution in [0.3, 0.4) is 0 Å². The number of fused-ring (bicyclic) bond motifs is 1. The van der Waals surface area contributed by atoms with Crippen LogP contribution in [0.1, 0.15) is 26.7 Å². The fraction of sp³-hybridized carbons (Fsp3) is 0.917. The Labute approximate surface area is 92.7 Å². The lowest BCUT2D eigenvalue weighted by Gasteiger charge is -2.57. The molecular formula is C12H21N3. The minimum atomic E-state index is 0.286. The van der Waals surface area contributed by atoms with Crippen LogP contribution >= 0.6 is 0 Å². The van der Waals surface area contributed by atoms with E-state index in [9.17, 15) is 0 Å². The van der Waals surface area contributed by atoms with Crippen molar-refractivity contribution < 1.29 is 0 Å². The van der Waals surface area contributed by atoms with E-state index in [0.717, 1.165) is 19.6 Å². The molecule has 0 bridgehead atoms. The topological polar surface area (TPSA) is 30.3 Å². The van der Waals surface area contributed by atoms with Gasteiger partial charge in [-0.1, -0.05) is 13.8 Å². The quantitative estimate of drug-likeness (QED) is 0.564. The van der Waals surface area contributed by atoms with E-state index in [-0.39, 0.29) is 5.41 Å². The van der Waals surface area contributed by atoms with Crippen LogP contribution in [0.5, 0.6) is 0 Å². The number of nitrogens with zero attached hydrogens (tertiary/aromatic N) is 3. The van der Waals surface area contributed by atoms with Gasteiger partial charge in [0.1, 0.15) is 0 Å². The highest BCUT2D eigenvalue weighted by atomic mass is 15.2. The minimum Gasteiger partial charge on any atom is -0.310 e. The summed E-state index contributed by atoms with van der Waals surface area (Å²) in [5.41, 5.74) is 0.723. The van der Waals surface area contributed by atoms with E-state index in [1.54, 1.807) is 0 Å². The Morgan fingerprint density at radius 1 is 1.07 bits per heavy atom. The van der Waals surface area contributed by atoms with Crippen LogP contribution in [-0.2, 0) is 0 Å². The summed E-state index contributed by atoms with van der Waals surface area (Å²) in [4.78, 5) is 4.34. The Hall–Kier alpha value is -0.750. The highest BCUT2D eigenvalue weighted by Gasteiger charge is 2.50. The molecule has 2 aliphatic rings. The maximum absolute atomic E-state index is 9.01. The molecule has 84 valence electrons. The molecule has 0 radical (unpaired) electrons. The molecule has 2 rings (SSSR count). The molecule has 0 aromatic rings. The molecule has 2 saturated heterocycles. The fourth-order valence-electron chi connectivity index (χ4n) is 3.24. The number of piperidine rings is 2. The molecule has 2 unspecified atom stereocenters. The Kier molecular flexibility index (Phi) is 2.42. The molecule has 3 nitrogen and oxygen atoms in total. The van der Waals surface area contributed by atoms with Crippen molar-refractivity contribution >= 4 is 0 Å². The van der Waals surface area contributed by atoms with Gasteiger partial charge in [-0.05, 0) is 31.8 Å². The SMILES string of the molecule is CN1CCC2(C)CCN(C#N)CC2(C)C1. The van der Waals surface area contributed by atoms with Crippen molar-refractivity contribution in [3.8, 4) is 6.19 Å². The molecule has 0 aromatic heterocycles. The second kappa shape index (κ2) is 3.38. The lowest BCUT2D eigenvalue weighted by Crippen LogP contribution is -2.59. The smallest absolute Gasteiger partial charge is 0.179 e. The maximum Gasteiger partial charge on any atom is 0.179 e. The normalized spacial score (nSPS) is 42.1. The highest BCUT2D eigenvalue weighted by molar-refractivity contribution is 5.04. The fourth-order valence-corrected chi connectivity index (χ4v) is 3.24. The van der Waals surface area contributed by atoms with E-state index in [4.69, 9.17) is 5.26 Å². The zero-order valence-electron chi connectivity index (χ0n) is 10.1. The van der Waals surface area contributed by atoms with E-state index in [1.165, 1.54) is 19.4 Å². The van der Waals surface area contributed by atoms with Gasteiger partial charge in [0.25, 0.3) is 0 Å². The average molecular weight is 207 g/mol. The van der Waals surface area contributed by atoms with Crippen LogP contribution in [0.25, 0.3) is 0 Å². The summed E-state index contributed by atoms with van der Waals surface area (Å²) in [6.07, 6.45) is 4.76. The van der Waals surface area contributed by atoms with Crippen molar-refractivity contribution in [1.29, 1.82) is 5.26 Å². The van der Waals surface area contributed by atoms with Crippen molar-refractivity contribution in [3.63, 3.8) is 0 Å². The zero-order chi connectivity index (χ0) is 11.1. The number of nitriles is 1. The third-order valence-electron chi connectivity index (χ3n) is 4.74.